The van der Waals surface area contributed by atoms with E-state index in [4.69, 9.17) is 4.74 Å². The van der Waals surface area contributed by atoms with E-state index in [0.29, 0.717) is 6.04 Å². The maximum atomic E-state index is 5.30. The molecule has 0 spiro atoms. The maximum Gasteiger partial charge on any atom is 0.0618 e. The monoisotopic (exact) mass is 215 g/mol. The molecule has 0 heterocycles. The third-order valence-corrected chi connectivity index (χ3v) is 3.02. The van der Waals surface area contributed by atoms with Gasteiger partial charge in [0.15, 0.2) is 0 Å². The van der Waals surface area contributed by atoms with Crippen molar-refractivity contribution in [3.63, 3.8) is 0 Å². The van der Waals surface area contributed by atoms with Gasteiger partial charge in [-0.25, -0.2) is 0 Å². The highest BCUT2D eigenvalue weighted by molar-refractivity contribution is 4.75. The van der Waals surface area contributed by atoms with Gasteiger partial charge in [-0.2, -0.15) is 0 Å². The van der Waals surface area contributed by atoms with Crippen molar-refractivity contribution < 1.29 is 4.74 Å². The second kappa shape index (κ2) is 10.4. The molecule has 0 saturated heterocycles. The van der Waals surface area contributed by atoms with Gasteiger partial charge in [0.25, 0.3) is 0 Å². The second-order valence-corrected chi connectivity index (χ2v) is 4.33. The molecule has 0 fully saturated rings. The van der Waals surface area contributed by atoms with Gasteiger partial charge in [-0.3, -0.25) is 0 Å². The first kappa shape index (κ1) is 14.9. The molecule has 2 unspecified atom stereocenters. The Labute approximate surface area is 95.8 Å². The predicted octanol–water partition coefficient (Wildman–Crippen LogP) is 3.22. The van der Waals surface area contributed by atoms with E-state index in [2.05, 4.69) is 26.1 Å². The molecule has 0 aliphatic heterocycles. The summed E-state index contributed by atoms with van der Waals surface area (Å²) in [5.74, 6) is 0.774. The predicted molar refractivity (Wildman–Crippen MR) is 67.3 cm³/mol. The number of unbranched alkanes of at least 4 members (excludes halogenated alkanes) is 1. The van der Waals surface area contributed by atoms with E-state index in [1.165, 1.54) is 32.1 Å². The van der Waals surface area contributed by atoms with Crippen molar-refractivity contribution in [3.05, 3.63) is 0 Å². The Kier molecular flexibility index (Phi) is 10.4. The Morgan fingerprint density at radius 1 is 1.13 bits per heavy atom. The van der Waals surface area contributed by atoms with Gasteiger partial charge in [0.1, 0.15) is 0 Å². The summed E-state index contributed by atoms with van der Waals surface area (Å²) in [4.78, 5) is 0. The molecule has 15 heavy (non-hydrogen) atoms. The Morgan fingerprint density at radius 3 is 2.33 bits per heavy atom. The zero-order valence-electron chi connectivity index (χ0n) is 11.0. The van der Waals surface area contributed by atoms with Crippen LogP contribution in [-0.2, 0) is 4.74 Å². The van der Waals surface area contributed by atoms with Crippen LogP contribution >= 0.6 is 0 Å². The molecule has 0 bridgehead atoms. The number of ether oxygens (including phenoxy) is 1. The highest BCUT2D eigenvalue weighted by Gasteiger charge is 2.18. The molecule has 2 nitrogen and oxygen atoms in total. The van der Waals surface area contributed by atoms with Crippen molar-refractivity contribution in [3.8, 4) is 0 Å². The Bertz CT molecular complexity index is 128. The summed E-state index contributed by atoms with van der Waals surface area (Å²) in [6.45, 7) is 8.72. The highest BCUT2D eigenvalue weighted by Crippen LogP contribution is 2.17. The number of nitrogens with one attached hydrogen (secondary N) is 1. The van der Waals surface area contributed by atoms with E-state index in [1.807, 2.05) is 0 Å². The second-order valence-electron chi connectivity index (χ2n) is 4.33. The minimum absolute atomic E-state index is 0.548. The van der Waals surface area contributed by atoms with E-state index in [-0.39, 0.29) is 0 Å². The maximum absolute atomic E-state index is 5.30. The third kappa shape index (κ3) is 6.91. The molecule has 1 N–H and O–H groups in total. The molecular formula is C13H29NO. The first-order valence-electron chi connectivity index (χ1n) is 6.52. The Hall–Kier alpha value is -0.0800. The SMILES string of the molecule is CCCCC(CC)C(COC)NCCC. The molecule has 2 atom stereocenters. The van der Waals surface area contributed by atoms with Crippen LogP contribution in [0.5, 0.6) is 0 Å². The minimum atomic E-state index is 0.548. The lowest BCUT2D eigenvalue weighted by Crippen LogP contribution is -2.40. The molecule has 0 aromatic heterocycles. The molecule has 0 aliphatic carbocycles. The van der Waals surface area contributed by atoms with Crippen molar-refractivity contribution in [1.29, 1.82) is 0 Å². The van der Waals surface area contributed by atoms with Gasteiger partial charge in [-0.1, -0.05) is 40.0 Å². The van der Waals surface area contributed by atoms with Gasteiger partial charge in [-0.05, 0) is 25.3 Å². The zero-order valence-corrected chi connectivity index (χ0v) is 11.0. The fourth-order valence-corrected chi connectivity index (χ4v) is 2.03. The first-order chi connectivity index (χ1) is 7.29. The van der Waals surface area contributed by atoms with Gasteiger partial charge in [0.05, 0.1) is 6.61 Å². The van der Waals surface area contributed by atoms with Gasteiger partial charge in [0, 0.05) is 13.2 Å². The van der Waals surface area contributed by atoms with Crippen molar-refractivity contribution in [2.45, 2.75) is 58.9 Å². The lowest BCUT2D eigenvalue weighted by Gasteiger charge is -2.26. The molecule has 0 amide bonds. The largest absolute Gasteiger partial charge is 0.383 e. The van der Waals surface area contributed by atoms with Crippen molar-refractivity contribution >= 4 is 0 Å². The Balaban J connectivity index is 4.00. The number of hydrogen-bond acceptors (Lipinski definition) is 2. The molecule has 92 valence electrons. The van der Waals surface area contributed by atoms with Gasteiger partial charge in [0.2, 0.25) is 0 Å². The quantitative estimate of drug-likeness (QED) is 0.604. The van der Waals surface area contributed by atoms with Gasteiger partial charge < -0.3 is 10.1 Å². The summed E-state index contributed by atoms with van der Waals surface area (Å²) in [5, 5.41) is 3.61. The number of rotatable bonds is 10. The van der Waals surface area contributed by atoms with Crippen LogP contribution in [0, 0.1) is 5.92 Å². The summed E-state index contributed by atoms with van der Waals surface area (Å²) in [5.41, 5.74) is 0. The summed E-state index contributed by atoms with van der Waals surface area (Å²) in [6, 6.07) is 0.548. The first-order valence-corrected chi connectivity index (χ1v) is 6.52. The molecule has 0 saturated carbocycles. The summed E-state index contributed by atoms with van der Waals surface area (Å²) in [6.07, 6.45) is 6.42. The summed E-state index contributed by atoms with van der Waals surface area (Å²) < 4.78 is 5.30. The molecule has 0 aromatic rings. The highest BCUT2D eigenvalue weighted by atomic mass is 16.5. The Morgan fingerprint density at radius 2 is 1.87 bits per heavy atom. The van der Waals surface area contributed by atoms with Crippen LogP contribution in [0.25, 0.3) is 0 Å². The minimum Gasteiger partial charge on any atom is -0.383 e. The zero-order chi connectivity index (χ0) is 11.5. The summed E-state index contributed by atoms with van der Waals surface area (Å²) >= 11 is 0. The van der Waals surface area contributed by atoms with E-state index in [9.17, 15) is 0 Å². The fourth-order valence-electron chi connectivity index (χ4n) is 2.03. The van der Waals surface area contributed by atoms with Crippen molar-refractivity contribution in [2.75, 3.05) is 20.3 Å². The lowest BCUT2D eigenvalue weighted by molar-refractivity contribution is 0.134. The average molecular weight is 215 g/mol. The van der Waals surface area contributed by atoms with E-state index in [0.717, 1.165) is 19.1 Å². The summed E-state index contributed by atoms with van der Waals surface area (Å²) in [7, 11) is 1.80. The van der Waals surface area contributed by atoms with E-state index < -0.39 is 0 Å². The number of methoxy groups -OCH3 is 1. The fraction of sp³-hybridized carbons (Fsp3) is 1.00. The lowest BCUT2D eigenvalue weighted by atomic mass is 9.91. The number of hydrogen-bond donors (Lipinski definition) is 1. The van der Waals surface area contributed by atoms with Crippen LogP contribution in [0.15, 0.2) is 0 Å². The van der Waals surface area contributed by atoms with Crippen LogP contribution < -0.4 is 5.32 Å². The molecule has 0 rings (SSSR count). The van der Waals surface area contributed by atoms with Crippen LogP contribution in [-0.4, -0.2) is 26.3 Å². The third-order valence-electron chi connectivity index (χ3n) is 3.02. The van der Waals surface area contributed by atoms with Crippen molar-refractivity contribution in [1.82, 2.24) is 5.32 Å². The normalized spacial score (nSPS) is 15.2. The topological polar surface area (TPSA) is 21.3 Å². The van der Waals surface area contributed by atoms with Crippen LogP contribution in [0.4, 0.5) is 0 Å². The molecular weight excluding hydrogens is 186 g/mol. The van der Waals surface area contributed by atoms with E-state index >= 15 is 0 Å². The average Bonchev–Trinajstić information content (AvgIpc) is 2.26. The van der Waals surface area contributed by atoms with Crippen molar-refractivity contribution in [2.24, 2.45) is 5.92 Å². The van der Waals surface area contributed by atoms with Gasteiger partial charge in [-0.15, -0.1) is 0 Å². The van der Waals surface area contributed by atoms with Crippen LogP contribution in [0.1, 0.15) is 52.9 Å². The molecule has 0 aromatic carbocycles. The molecule has 0 aliphatic rings. The molecule has 0 radical (unpaired) electrons. The van der Waals surface area contributed by atoms with Gasteiger partial charge >= 0.3 is 0 Å². The standard InChI is InChI=1S/C13H29NO/c1-5-8-9-12(7-3)13(11-15-4)14-10-6-2/h12-14H,5-11H2,1-4H3. The smallest absolute Gasteiger partial charge is 0.0618 e. The van der Waals surface area contributed by atoms with Crippen LogP contribution in [0.2, 0.25) is 0 Å². The van der Waals surface area contributed by atoms with E-state index in [1.54, 1.807) is 7.11 Å². The molecule has 2 heteroatoms. The van der Waals surface area contributed by atoms with Crippen LogP contribution in [0.3, 0.4) is 0 Å².